The highest BCUT2D eigenvalue weighted by atomic mass is 19.1. The number of carbonyl (C=O) groups is 2. The number of anilines is 1. The van der Waals surface area contributed by atoms with Gasteiger partial charge in [0.05, 0.1) is 18.3 Å². The molecule has 158 valence electrons. The first-order chi connectivity index (χ1) is 14.4. The third kappa shape index (κ3) is 3.95. The largest absolute Gasteiger partial charge is 0.364 e. The molecule has 10 heteroatoms. The van der Waals surface area contributed by atoms with Gasteiger partial charge in [-0.15, -0.1) is 0 Å². The summed E-state index contributed by atoms with van der Waals surface area (Å²) in [4.78, 5) is 44.2. The summed E-state index contributed by atoms with van der Waals surface area (Å²) in [6, 6.07) is 2.65. The van der Waals surface area contributed by atoms with Crippen LogP contribution in [0.4, 0.5) is 10.2 Å². The number of halogens is 1. The number of rotatable bonds is 4. The average molecular weight is 414 g/mol. The summed E-state index contributed by atoms with van der Waals surface area (Å²) >= 11 is 0. The van der Waals surface area contributed by atoms with E-state index in [0.717, 1.165) is 0 Å². The molecule has 1 atom stereocenters. The zero-order valence-corrected chi connectivity index (χ0v) is 16.6. The van der Waals surface area contributed by atoms with Gasteiger partial charge in [-0.1, -0.05) is 0 Å². The molecular weight excluding hydrogens is 391 g/mol. The first-order valence-electron chi connectivity index (χ1n) is 9.89. The van der Waals surface area contributed by atoms with Crippen LogP contribution in [-0.2, 0) is 9.63 Å². The Labute approximate surface area is 173 Å². The number of primary amides is 1. The smallest absolute Gasteiger partial charge is 0.267 e. The maximum atomic E-state index is 13.9. The monoisotopic (exact) mass is 414 g/mol. The van der Waals surface area contributed by atoms with E-state index in [2.05, 4.69) is 15.0 Å². The second kappa shape index (κ2) is 8.31. The summed E-state index contributed by atoms with van der Waals surface area (Å²) in [5.74, 6) is -0.689. The summed E-state index contributed by atoms with van der Waals surface area (Å²) in [5, 5.41) is 1.39. The topological polar surface area (TPSA) is 115 Å². The molecule has 30 heavy (non-hydrogen) atoms. The fourth-order valence-corrected chi connectivity index (χ4v) is 3.88. The van der Waals surface area contributed by atoms with E-state index in [1.54, 1.807) is 19.2 Å². The van der Waals surface area contributed by atoms with Crippen LogP contribution in [0.5, 0.6) is 0 Å². The van der Waals surface area contributed by atoms with Crippen molar-refractivity contribution in [1.82, 2.24) is 20.0 Å². The maximum Gasteiger partial charge on any atom is 0.267 e. The number of aromatic nitrogens is 3. The van der Waals surface area contributed by atoms with Gasteiger partial charge in [0.2, 0.25) is 5.91 Å². The number of hydroxylamine groups is 2. The SMILES string of the molecule is Cc1ncc([C@@H]2CCON2C(=O)C2CCN(c3cc(C(N)=O)ncn3)CC2)cc1F. The van der Waals surface area contributed by atoms with Crippen molar-refractivity contribution in [3.63, 3.8) is 0 Å². The number of nitrogens with two attached hydrogens (primary N) is 1. The van der Waals surface area contributed by atoms with E-state index < -0.39 is 5.91 Å². The molecule has 0 radical (unpaired) electrons. The predicted molar refractivity (Wildman–Crippen MR) is 105 cm³/mol. The van der Waals surface area contributed by atoms with Gasteiger partial charge < -0.3 is 10.6 Å². The van der Waals surface area contributed by atoms with Crippen molar-refractivity contribution in [1.29, 1.82) is 0 Å². The molecule has 2 aromatic rings. The Hall–Kier alpha value is -3.14. The quantitative estimate of drug-likeness (QED) is 0.807. The molecule has 0 saturated carbocycles. The van der Waals surface area contributed by atoms with Crippen LogP contribution in [0.25, 0.3) is 0 Å². The van der Waals surface area contributed by atoms with Crippen LogP contribution in [-0.4, -0.2) is 51.5 Å². The van der Waals surface area contributed by atoms with Crippen molar-refractivity contribution in [3.05, 3.63) is 47.4 Å². The van der Waals surface area contributed by atoms with E-state index in [0.29, 0.717) is 56.0 Å². The first-order valence-corrected chi connectivity index (χ1v) is 9.89. The molecule has 2 N–H and O–H groups in total. The van der Waals surface area contributed by atoms with Gasteiger partial charge in [-0.3, -0.25) is 19.4 Å². The van der Waals surface area contributed by atoms with Gasteiger partial charge in [0.1, 0.15) is 23.7 Å². The lowest BCUT2D eigenvalue weighted by Crippen LogP contribution is -2.42. The lowest BCUT2D eigenvalue weighted by atomic mass is 9.94. The number of hydrogen-bond acceptors (Lipinski definition) is 7. The number of pyridine rings is 1. The van der Waals surface area contributed by atoms with Gasteiger partial charge in [0.25, 0.3) is 5.91 Å². The molecule has 2 aromatic heterocycles. The molecule has 0 aliphatic carbocycles. The van der Waals surface area contributed by atoms with Gasteiger partial charge >= 0.3 is 0 Å². The van der Waals surface area contributed by atoms with Crippen molar-refractivity contribution < 1.29 is 18.8 Å². The van der Waals surface area contributed by atoms with Gasteiger partial charge in [0.15, 0.2) is 0 Å². The van der Waals surface area contributed by atoms with E-state index in [-0.39, 0.29) is 29.4 Å². The van der Waals surface area contributed by atoms with Crippen LogP contribution in [0.2, 0.25) is 0 Å². The van der Waals surface area contributed by atoms with Crippen molar-refractivity contribution in [2.75, 3.05) is 24.6 Å². The van der Waals surface area contributed by atoms with Crippen molar-refractivity contribution in [2.45, 2.75) is 32.2 Å². The second-order valence-electron chi connectivity index (χ2n) is 7.52. The molecule has 0 bridgehead atoms. The zero-order valence-electron chi connectivity index (χ0n) is 16.6. The molecule has 4 rings (SSSR count). The van der Waals surface area contributed by atoms with Crippen LogP contribution in [0.15, 0.2) is 24.7 Å². The fourth-order valence-electron chi connectivity index (χ4n) is 3.88. The summed E-state index contributed by atoms with van der Waals surface area (Å²) in [6.07, 6.45) is 4.74. The zero-order chi connectivity index (χ0) is 21.3. The highest BCUT2D eigenvalue weighted by Crippen LogP contribution is 2.34. The van der Waals surface area contributed by atoms with Crippen molar-refractivity contribution in [3.8, 4) is 0 Å². The lowest BCUT2D eigenvalue weighted by Gasteiger charge is -2.34. The summed E-state index contributed by atoms with van der Waals surface area (Å²) in [5.41, 5.74) is 6.41. The van der Waals surface area contributed by atoms with Gasteiger partial charge in [-0.25, -0.2) is 19.4 Å². The molecule has 9 nitrogen and oxygen atoms in total. The van der Waals surface area contributed by atoms with E-state index in [4.69, 9.17) is 10.6 Å². The molecule has 2 aliphatic rings. The Morgan fingerprint density at radius 2 is 1.93 bits per heavy atom. The van der Waals surface area contributed by atoms with Gasteiger partial charge in [-0.05, 0) is 31.4 Å². The van der Waals surface area contributed by atoms with E-state index in [1.807, 2.05) is 4.90 Å². The predicted octanol–water partition coefficient (Wildman–Crippen LogP) is 1.54. The molecule has 0 spiro atoms. The average Bonchev–Trinajstić information content (AvgIpc) is 3.25. The van der Waals surface area contributed by atoms with Crippen LogP contribution in [0, 0.1) is 18.7 Å². The van der Waals surface area contributed by atoms with E-state index in [1.165, 1.54) is 17.5 Å². The van der Waals surface area contributed by atoms with E-state index >= 15 is 0 Å². The van der Waals surface area contributed by atoms with Gasteiger partial charge in [-0.2, -0.15) is 0 Å². The highest BCUT2D eigenvalue weighted by Gasteiger charge is 2.37. The molecule has 0 unspecified atom stereocenters. The Morgan fingerprint density at radius 3 is 2.63 bits per heavy atom. The summed E-state index contributed by atoms with van der Waals surface area (Å²) in [7, 11) is 0. The number of carbonyl (C=O) groups excluding carboxylic acids is 2. The first kappa shape index (κ1) is 20.1. The van der Waals surface area contributed by atoms with Crippen molar-refractivity contribution in [2.24, 2.45) is 11.7 Å². The number of nitrogens with zero attached hydrogens (tertiary/aromatic N) is 5. The lowest BCUT2D eigenvalue weighted by molar-refractivity contribution is -0.182. The summed E-state index contributed by atoms with van der Waals surface area (Å²) in [6.45, 7) is 3.21. The standard InChI is InChI=1S/C20H23FN6O3/c1-12-15(21)8-14(10-23-12)17-4-7-30-27(17)20(29)13-2-5-26(6-3-13)18-9-16(19(22)28)24-11-25-18/h8-11,13,17H,2-7H2,1H3,(H2,22,28)/t17-/m0/s1. The minimum absolute atomic E-state index is 0.0985. The molecule has 2 fully saturated rings. The Bertz CT molecular complexity index is 963. The molecule has 2 aliphatic heterocycles. The number of aryl methyl sites for hydroxylation is 1. The number of piperidine rings is 1. The van der Waals surface area contributed by atoms with Crippen molar-refractivity contribution >= 4 is 17.6 Å². The number of hydrogen-bond donors (Lipinski definition) is 1. The van der Waals surface area contributed by atoms with Crippen LogP contribution in [0.1, 0.15) is 47.1 Å². The van der Waals surface area contributed by atoms with Crippen LogP contribution >= 0.6 is 0 Å². The normalized spacial score (nSPS) is 19.9. The van der Waals surface area contributed by atoms with Gasteiger partial charge in [0, 0.05) is 37.7 Å². The minimum Gasteiger partial charge on any atom is -0.364 e. The summed E-state index contributed by atoms with van der Waals surface area (Å²) < 4.78 is 13.9. The van der Waals surface area contributed by atoms with E-state index in [9.17, 15) is 14.0 Å². The maximum absolute atomic E-state index is 13.9. The Morgan fingerprint density at radius 1 is 1.17 bits per heavy atom. The highest BCUT2D eigenvalue weighted by molar-refractivity contribution is 5.91. The molecule has 0 aromatic carbocycles. The Balaban J connectivity index is 1.42. The fraction of sp³-hybridized carbons (Fsp3) is 0.450. The Kier molecular flexibility index (Phi) is 5.58. The molecule has 4 heterocycles. The number of amides is 2. The third-order valence-corrected chi connectivity index (χ3v) is 5.63. The molecule has 2 amide bonds. The molecule has 2 saturated heterocycles. The van der Waals surface area contributed by atoms with Crippen LogP contribution < -0.4 is 10.6 Å². The van der Waals surface area contributed by atoms with Crippen LogP contribution in [0.3, 0.4) is 0 Å². The molecular formula is C20H23FN6O3. The second-order valence-corrected chi connectivity index (χ2v) is 7.52. The third-order valence-electron chi connectivity index (χ3n) is 5.63. The minimum atomic E-state index is -0.608.